The maximum absolute atomic E-state index is 14.2. The molecule has 2 aromatic carbocycles. The van der Waals surface area contributed by atoms with Gasteiger partial charge in [0, 0.05) is 23.5 Å². The molecule has 1 aliphatic rings. The Labute approximate surface area is 399 Å². The zero-order chi connectivity index (χ0) is 50.0. The first-order valence-electron chi connectivity index (χ1n) is 23.5. The van der Waals surface area contributed by atoms with Crippen LogP contribution in [0.3, 0.4) is 0 Å². The fourth-order valence-electron chi connectivity index (χ4n) is 8.28. The minimum Gasteiger partial charge on any atom is -0.487 e. The summed E-state index contributed by atoms with van der Waals surface area (Å²) in [6.07, 6.45) is 11.6. The van der Waals surface area contributed by atoms with Crippen molar-refractivity contribution < 1.29 is 58.4 Å². The number of nitrogens with one attached hydrogen (secondary N) is 3. The van der Waals surface area contributed by atoms with E-state index in [-0.39, 0.29) is 46.9 Å². The summed E-state index contributed by atoms with van der Waals surface area (Å²) in [7, 11) is 0. The van der Waals surface area contributed by atoms with Crippen molar-refractivity contribution in [1.82, 2.24) is 10.6 Å². The van der Waals surface area contributed by atoms with Gasteiger partial charge in [-0.25, -0.2) is 4.79 Å². The van der Waals surface area contributed by atoms with Crippen LogP contribution < -0.4 is 31.2 Å². The molecule has 3 rings (SSSR count). The maximum Gasteiger partial charge on any atom is 0.337 e. The van der Waals surface area contributed by atoms with Gasteiger partial charge in [-0.1, -0.05) is 84.8 Å². The fourth-order valence-corrected chi connectivity index (χ4v) is 9.41. The lowest BCUT2D eigenvalue weighted by Gasteiger charge is -2.38. The number of carboxylic acid groups (broad SMARTS) is 3. The molecule has 16 nitrogen and oxygen atoms in total. The van der Waals surface area contributed by atoms with Gasteiger partial charge in [0.05, 0.1) is 11.3 Å². The summed E-state index contributed by atoms with van der Waals surface area (Å²) < 4.78 is 12.9. The van der Waals surface area contributed by atoms with Gasteiger partial charge in [0.15, 0.2) is 0 Å². The SMILES string of the molecule is Cc1c(C)c2c(c(C)c1OC(=O)C(CSC[C@H](NC(=O)CC[C@H](N)C(=O)O)C(=O)NCC(=O)O)C(=O)Nc1ccccc1C(=O)O)CCC(C)(CCCC(C)CCCC(C)CCCC(C)C)O2. The Bertz CT molecular complexity index is 2060. The summed E-state index contributed by atoms with van der Waals surface area (Å²) in [6.45, 7) is 16.2. The van der Waals surface area contributed by atoms with E-state index in [1.54, 1.807) is 0 Å². The highest BCUT2D eigenvalue weighted by Crippen LogP contribution is 2.45. The number of carbonyl (C=O) groups is 7. The van der Waals surface area contributed by atoms with Crippen molar-refractivity contribution in [1.29, 1.82) is 0 Å². The second-order valence-electron chi connectivity index (χ2n) is 19.0. The Hall–Kier alpha value is -5.16. The smallest absolute Gasteiger partial charge is 0.337 e. The molecule has 6 atom stereocenters. The van der Waals surface area contributed by atoms with E-state index >= 15 is 0 Å². The number of carbonyl (C=O) groups excluding carboxylic acids is 4. The van der Waals surface area contributed by atoms with E-state index in [1.165, 1.54) is 62.8 Å². The van der Waals surface area contributed by atoms with Crippen LogP contribution in [-0.2, 0) is 35.2 Å². The lowest BCUT2D eigenvalue weighted by molar-refractivity contribution is -0.142. The number of hydrogen-bond acceptors (Lipinski definition) is 11. The van der Waals surface area contributed by atoms with Crippen molar-refractivity contribution in [2.75, 3.05) is 23.4 Å². The van der Waals surface area contributed by atoms with Gasteiger partial charge in [0.25, 0.3) is 0 Å². The maximum atomic E-state index is 14.2. The number of rotatable bonds is 29. The van der Waals surface area contributed by atoms with Crippen molar-refractivity contribution >= 4 is 59.0 Å². The number of aliphatic carboxylic acids is 2. The number of carboxylic acids is 3. The molecule has 372 valence electrons. The summed E-state index contributed by atoms with van der Waals surface area (Å²) >= 11 is 0.902. The van der Waals surface area contributed by atoms with E-state index in [4.69, 9.17) is 25.4 Å². The molecule has 0 spiro atoms. The second-order valence-corrected chi connectivity index (χ2v) is 20.1. The van der Waals surface area contributed by atoms with Crippen molar-refractivity contribution in [2.24, 2.45) is 29.4 Å². The molecule has 0 aromatic heterocycles. The highest BCUT2D eigenvalue weighted by Gasteiger charge is 2.37. The Morgan fingerprint density at radius 2 is 1.45 bits per heavy atom. The number of amides is 3. The molecule has 0 saturated carbocycles. The predicted molar refractivity (Wildman–Crippen MR) is 259 cm³/mol. The van der Waals surface area contributed by atoms with Crippen molar-refractivity contribution in [3.8, 4) is 11.5 Å². The average Bonchev–Trinajstić information content (AvgIpc) is 3.26. The van der Waals surface area contributed by atoms with E-state index in [2.05, 4.69) is 50.6 Å². The summed E-state index contributed by atoms with van der Waals surface area (Å²) in [5.41, 5.74) is 7.89. The van der Waals surface area contributed by atoms with Crippen molar-refractivity contribution in [3.05, 3.63) is 52.1 Å². The first-order chi connectivity index (χ1) is 31.5. The molecule has 8 N–H and O–H groups in total. The van der Waals surface area contributed by atoms with E-state index in [9.17, 15) is 38.7 Å². The molecule has 17 heteroatoms. The molecule has 0 aliphatic carbocycles. The zero-order valence-electron chi connectivity index (χ0n) is 40.6. The monoisotopic (exact) mass is 955 g/mol. The van der Waals surface area contributed by atoms with Crippen LogP contribution in [0.15, 0.2) is 24.3 Å². The van der Waals surface area contributed by atoms with Crippen molar-refractivity contribution in [3.63, 3.8) is 0 Å². The molecular weight excluding hydrogens is 881 g/mol. The molecule has 0 bridgehead atoms. The Balaban J connectivity index is 1.78. The van der Waals surface area contributed by atoms with Gasteiger partial charge in [-0.2, -0.15) is 11.8 Å². The molecule has 0 radical (unpaired) electrons. The van der Waals surface area contributed by atoms with Crippen LogP contribution in [-0.4, -0.2) is 92.7 Å². The third-order valence-corrected chi connectivity index (χ3v) is 13.8. The quantitative estimate of drug-likeness (QED) is 0.0235. The number of aromatic carboxylic acids is 1. The zero-order valence-corrected chi connectivity index (χ0v) is 41.4. The van der Waals surface area contributed by atoms with Crippen LogP contribution in [0.2, 0.25) is 0 Å². The summed E-state index contributed by atoms with van der Waals surface area (Å²) in [4.78, 5) is 88.3. The van der Waals surface area contributed by atoms with Crippen LogP contribution in [0.4, 0.5) is 5.69 Å². The number of nitrogens with two attached hydrogens (primary N) is 1. The number of benzene rings is 2. The molecule has 0 fully saturated rings. The molecule has 4 unspecified atom stereocenters. The molecule has 3 amide bonds. The minimum absolute atomic E-state index is 0.0651. The van der Waals surface area contributed by atoms with Crippen LogP contribution in [0, 0.1) is 44.4 Å². The second kappa shape index (κ2) is 27.0. The standard InChI is InChI=1S/C50H74N4O12S/c1-29(2)14-11-15-30(3)16-12-17-31(4)18-13-24-50(8)25-23-35-34(7)43(32(5)33(6)44(35)66-50)65-49(64)37(45(58)54-39-20-10-9-19-36(39)47(60)61)27-67-28-40(46(59)52-26-42(56)57)53-41(55)22-21-38(51)48(62)63/h9-10,19-20,29-31,37-38,40H,11-18,21-28,51H2,1-8H3,(H,52,59)(H,53,55)(H,54,58)(H,56,57)(H,60,61)(H,62,63)/t30?,31?,37?,38-,40-,50?/m0/s1. The summed E-state index contributed by atoms with van der Waals surface area (Å²) in [6, 6.07) is 2.97. The molecule has 0 saturated heterocycles. The fraction of sp³-hybridized carbons (Fsp3) is 0.620. The van der Waals surface area contributed by atoms with Crippen LogP contribution in [0.1, 0.15) is 144 Å². The van der Waals surface area contributed by atoms with Gasteiger partial charge >= 0.3 is 23.9 Å². The number of thioether (sulfide) groups is 1. The normalized spacial score (nSPS) is 16.6. The molecule has 67 heavy (non-hydrogen) atoms. The Morgan fingerprint density at radius 3 is 2.06 bits per heavy atom. The number of hydrogen-bond donors (Lipinski definition) is 7. The topological polar surface area (TPSA) is 261 Å². The van der Waals surface area contributed by atoms with Gasteiger partial charge in [0.1, 0.15) is 41.6 Å². The number of anilines is 1. The van der Waals surface area contributed by atoms with Gasteiger partial charge in [0.2, 0.25) is 17.7 Å². The van der Waals surface area contributed by atoms with Gasteiger partial charge in [-0.15, -0.1) is 0 Å². The first-order valence-corrected chi connectivity index (χ1v) is 24.7. The van der Waals surface area contributed by atoms with E-state index in [0.717, 1.165) is 66.2 Å². The van der Waals surface area contributed by atoms with E-state index in [1.807, 2.05) is 20.8 Å². The number of para-hydroxylation sites is 1. The Morgan fingerprint density at radius 1 is 0.821 bits per heavy atom. The summed E-state index contributed by atoms with van der Waals surface area (Å²) in [5, 5.41) is 35.2. The highest BCUT2D eigenvalue weighted by atomic mass is 32.2. The first kappa shape index (κ1) is 56.2. The van der Waals surface area contributed by atoms with Crippen LogP contribution >= 0.6 is 11.8 Å². The highest BCUT2D eigenvalue weighted by molar-refractivity contribution is 7.99. The molecular formula is C50H74N4O12S. The lowest BCUT2D eigenvalue weighted by Crippen LogP contribution is -2.49. The molecule has 2 aromatic rings. The van der Waals surface area contributed by atoms with E-state index in [0.29, 0.717) is 23.5 Å². The largest absolute Gasteiger partial charge is 0.487 e. The van der Waals surface area contributed by atoms with Crippen LogP contribution in [0.25, 0.3) is 0 Å². The van der Waals surface area contributed by atoms with Crippen molar-refractivity contribution in [2.45, 2.75) is 157 Å². The Kier molecular flexibility index (Phi) is 22.6. The molecule has 1 aliphatic heterocycles. The minimum atomic E-state index is -1.57. The lowest BCUT2D eigenvalue weighted by atomic mass is 9.83. The van der Waals surface area contributed by atoms with Crippen LogP contribution in [0.5, 0.6) is 11.5 Å². The summed E-state index contributed by atoms with van der Waals surface area (Å²) in [5.74, 6) is -6.41. The number of esters is 1. The number of ether oxygens (including phenoxy) is 2. The van der Waals surface area contributed by atoms with Gasteiger partial charge in [-0.3, -0.25) is 28.8 Å². The number of fused-ring (bicyclic) bond motifs is 1. The third-order valence-electron chi connectivity index (χ3n) is 12.7. The van der Waals surface area contributed by atoms with Gasteiger partial charge in [-0.05, 0) is 106 Å². The average molecular weight is 955 g/mol. The van der Waals surface area contributed by atoms with E-state index < -0.39 is 66.1 Å². The van der Waals surface area contributed by atoms with Gasteiger partial charge < -0.3 is 46.5 Å². The molecule has 1 heterocycles. The third kappa shape index (κ3) is 18.1. The predicted octanol–water partition coefficient (Wildman–Crippen LogP) is 7.60.